The molecular formula is C44H62O6. The molecule has 0 radical (unpaired) electrons. The van der Waals surface area contributed by atoms with E-state index in [0.717, 1.165) is 57.3 Å². The molecule has 0 amide bonds. The van der Waals surface area contributed by atoms with Crippen LogP contribution in [0.25, 0.3) is 11.1 Å². The third kappa shape index (κ3) is 12.2. The maximum absolute atomic E-state index is 11.9. The maximum atomic E-state index is 11.9. The van der Waals surface area contributed by atoms with E-state index >= 15 is 0 Å². The van der Waals surface area contributed by atoms with Crippen molar-refractivity contribution in [1.82, 2.24) is 0 Å². The zero-order valence-corrected chi connectivity index (χ0v) is 30.6. The van der Waals surface area contributed by atoms with Crippen molar-refractivity contribution < 1.29 is 29.3 Å². The van der Waals surface area contributed by atoms with Crippen LogP contribution in [0.4, 0.5) is 0 Å². The minimum atomic E-state index is -0.547. The lowest BCUT2D eigenvalue weighted by molar-refractivity contribution is -0.140. The first-order valence-electron chi connectivity index (χ1n) is 19.4. The molecule has 2 aromatic carbocycles. The Balaban J connectivity index is 1.26. The van der Waals surface area contributed by atoms with Gasteiger partial charge in [-0.2, -0.15) is 0 Å². The fourth-order valence-corrected chi connectivity index (χ4v) is 8.26. The number of benzene rings is 2. The van der Waals surface area contributed by atoms with Gasteiger partial charge in [-0.1, -0.05) is 94.3 Å². The monoisotopic (exact) mass is 686 g/mol. The Labute approximate surface area is 301 Å². The number of aliphatic hydroxyl groups is 2. The van der Waals surface area contributed by atoms with E-state index in [9.17, 15) is 9.59 Å². The molecule has 0 aliphatic heterocycles. The van der Waals surface area contributed by atoms with Gasteiger partial charge in [0.1, 0.15) is 0 Å². The van der Waals surface area contributed by atoms with Crippen LogP contribution in [0.2, 0.25) is 0 Å². The Bertz CT molecular complexity index is 1290. The van der Waals surface area contributed by atoms with E-state index in [0.29, 0.717) is 36.9 Å². The fraction of sp³-hybridized carbons (Fsp3) is 0.591. The summed E-state index contributed by atoms with van der Waals surface area (Å²) in [5.74, 6) is 2.11. The van der Waals surface area contributed by atoms with Gasteiger partial charge in [-0.25, -0.2) is 9.59 Å². The highest BCUT2D eigenvalue weighted by atomic mass is 16.5. The zero-order chi connectivity index (χ0) is 35.7. The van der Waals surface area contributed by atoms with Crippen LogP contribution < -0.4 is 0 Å². The van der Waals surface area contributed by atoms with Gasteiger partial charge in [0.2, 0.25) is 0 Å². The molecule has 2 aliphatic carbocycles. The standard InChI is InChI=1S/C44H62O6/c1-4-5-6-9-34-12-14-36(15-13-34)38-20-22-40(23-21-38)42-26-24-41(25-27-42)39-18-16-37(17-19-39)35(10-7-28-49-43(47)32(2)30-45)11-8-29-50-44(48)33(3)31-46/h20-27,34-37,39,45-46H,2-19,28-31H2,1H3. The molecule has 2 aliphatic rings. The third-order valence-corrected chi connectivity index (χ3v) is 11.5. The number of carbonyl (C=O) groups excluding carboxylic acids is 2. The first-order chi connectivity index (χ1) is 24.3. The molecule has 6 heteroatoms. The second-order valence-electron chi connectivity index (χ2n) is 14.9. The van der Waals surface area contributed by atoms with E-state index in [-0.39, 0.29) is 11.1 Å². The average molecular weight is 687 g/mol. The van der Waals surface area contributed by atoms with Crippen molar-refractivity contribution in [2.24, 2.45) is 17.8 Å². The van der Waals surface area contributed by atoms with Crippen LogP contribution in [0, 0.1) is 17.8 Å². The van der Waals surface area contributed by atoms with Gasteiger partial charge in [0, 0.05) is 0 Å². The summed E-state index contributed by atoms with van der Waals surface area (Å²) in [6.07, 6.45) is 18.8. The van der Waals surface area contributed by atoms with Gasteiger partial charge in [-0.15, -0.1) is 0 Å². The average Bonchev–Trinajstić information content (AvgIpc) is 3.17. The number of hydrogen-bond donors (Lipinski definition) is 2. The van der Waals surface area contributed by atoms with Gasteiger partial charge in [0.15, 0.2) is 0 Å². The van der Waals surface area contributed by atoms with Gasteiger partial charge in [0.25, 0.3) is 0 Å². The molecule has 2 fully saturated rings. The summed E-state index contributed by atoms with van der Waals surface area (Å²) >= 11 is 0. The molecule has 0 spiro atoms. The van der Waals surface area contributed by atoms with Crippen molar-refractivity contribution in [3.63, 3.8) is 0 Å². The van der Waals surface area contributed by atoms with Crippen LogP contribution in [0.1, 0.15) is 133 Å². The summed E-state index contributed by atoms with van der Waals surface area (Å²) in [7, 11) is 0. The third-order valence-electron chi connectivity index (χ3n) is 11.5. The lowest BCUT2D eigenvalue weighted by Gasteiger charge is -2.34. The minimum absolute atomic E-state index is 0.0674. The fourth-order valence-electron chi connectivity index (χ4n) is 8.26. The quantitative estimate of drug-likeness (QED) is 0.0819. The first-order valence-corrected chi connectivity index (χ1v) is 19.4. The molecule has 2 saturated carbocycles. The number of carbonyl (C=O) groups is 2. The Hall–Kier alpha value is -3.22. The van der Waals surface area contributed by atoms with Crippen molar-refractivity contribution in [3.8, 4) is 11.1 Å². The molecule has 0 saturated heterocycles. The molecule has 2 aromatic rings. The summed E-state index contributed by atoms with van der Waals surface area (Å²) in [4.78, 5) is 23.8. The smallest absolute Gasteiger partial charge is 0.335 e. The lowest BCUT2D eigenvalue weighted by atomic mass is 9.71. The highest BCUT2D eigenvalue weighted by Gasteiger charge is 2.28. The minimum Gasteiger partial charge on any atom is -0.462 e. The Morgan fingerprint density at radius 1 is 0.660 bits per heavy atom. The van der Waals surface area contributed by atoms with Gasteiger partial charge in [0.05, 0.1) is 37.6 Å². The lowest BCUT2D eigenvalue weighted by Crippen LogP contribution is -2.22. The van der Waals surface area contributed by atoms with Crippen molar-refractivity contribution in [3.05, 3.63) is 84.0 Å². The second kappa shape index (κ2) is 21.2. The Morgan fingerprint density at radius 2 is 1.10 bits per heavy atom. The van der Waals surface area contributed by atoms with E-state index in [4.69, 9.17) is 19.7 Å². The van der Waals surface area contributed by atoms with E-state index in [2.05, 4.69) is 68.6 Å². The number of ether oxygens (including phenoxy) is 2. The van der Waals surface area contributed by atoms with E-state index in [1.165, 1.54) is 73.6 Å². The summed E-state index contributed by atoms with van der Waals surface area (Å²) in [5.41, 5.74) is 5.63. The molecule has 4 rings (SSSR count). The van der Waals surface area contributed by atoms with Crippen molar-refractivity contribution in [2.45, 2.75) is 121 Å². The Morgan fingerprint density at radius 3 is 1.52 bits per heavy atom. The molecule has 0 atom stereocenters. The number of esters is 2. The van der Waals surface area contributed by atoms with Crippen LogP contribution >= 0.6 is 0 Å². The SMILES string of the molecule is C=C(CO)C(=O)OCCCC(CCCOC(=O)C(=C)CO)C1CCC(c2ccc(-c3ccc(C4CCC(CCCCC)CC4)cc3)cc2)CC1. The number of hydrogen-bond acceptors (Lipinski definition) is 6. The number of unbranched alkanes of at least 4 members (excludes halogenated alkanes) is 2. The molecule has 2 N–H and O–H groups in total. The van der Waals surface area contributed by atoms with E-state index in [1.54, 1.807) is 0 Å². The van der Waals surface area contributed by atoms with E-state index in [1.807, 2.05) is 0 Å². The molecular weight excluding hydrogens is 624 g/mol. The van der Waals surface area contributed by atoms with Crippen molar-refractivity contribution in [2.75, 3.05) is 26.4 Å². The predicted molar refractivity (Wildman–Crippen MR) is 202 cm³/mol. The van der Waals surface area contributed by atoms with Crippen molar-refractivity contribution >= 4 is 11.9 Å². The summed E-state index contributed by atoms with van der Waals surface area (Å²) in [5, 5.41) is 18.2. The molecule has 6 nitrogen and oxygen atoms in total. The largest absolute Gasteiger partial charge is 0.462 e. The maximum Gasteiger partial charge on any atom is 0.335 e. The number of rotatable bonds is 20. The topological polar surface area (TPSA) is 93.1 Å². The van der Waals surface area contributed by atoms with Crippen LogP contribution in [-0.2, 0) is 19.1 Å². The normalized spacial score (nSPS) is 20.7. The van der Waals surface area contributed by atoms with Crippen LogP contribution in [0.5, 0.6) is 0 Å². The first kappa shape index (κ1) is 39.6. The zero-order valence-electron chi connectivity index (χ0n) is 30.6. The number of aliphatic hydroxyl groups excluding tert-OH is 2. The van der Waals surface area contributed by atoms with Crippen LogP contribution in [0.15, 0.2) is 72.8 Å². The summed E-state index contributed by atoms with van der Waals surface area (Å²) in [6.45, 7) is 9.16. The second-order valence-corrected chi connectivity index (χ2v) is 14.9. The van der Waals surface area contributed by atoms with Crippen LogP contribution in [0.3, 0.4) is 0 Å². The van der Waals surface area contributed by atoms with Crippen molar-refractivity contribution in [1.29, 1.82) is 0 Å². The van der Waals surface area contributed by atoms with Gasteiger partial charge >= 0.3 is 11.9 Å². The molecule has 274 valence electrons. The Kier molecular flexibility index (Phi) is 16.8. The van der Waals surface area contributed by atoms with Gasteiger partial charge in [-0.05, 0) is 129 Å². The predicted octanol–water partition coefficient (Wildman–Crippen LogP) is 9.84. The highest BCUT2D eigenvalue weighted by Crippen LogP contribution is 2.42. The molecule has 0 aromatic heterocycles. The molecule has 0 unspecified atom stereocenters. The van der Waals surface area contributed by atoms with E-state index < -0.39 is 25.2 Å². The highest BCUT2D eigenvalue weighted by molar-refractivity contribution is 5.88. The van der Waals surface area contributed by atoms with Gasteiger partial charge < -0.3 is 19.7 Å². The molecule has 0 bridgehead atoms. The molecule has 50 heavy (non-hydrogen) atoms. The van der Waals surface area contributed by atoms with Gasteiger partial charge in [-0.3, -0.25) is 0 Å². The molecule has 0 heterocycles. The summed E-state index contributed by atoms with van der Waals surface area (Å²) in [6, 6.07) is 18.6. The van der Waals surface area contributed by atoms with Crippen LogP contribution in [-0.4, -0.2) is 48.6 Å². The summed E-state index contributed by atoms with van der Waals surface area (Å²) < 4.78 is 10.6.